The first-order valence-corrected chi connectivity index (χ1v) is 4.45. The maximum atomic E-state index is 11.3. The lowest BCUT2D eigenvalue weighted by atomic mass is 10.1. The monoisotopic (exact) mass is 219 g/mol. The van der Waals surface area contributed by atoms with Crippen LogP contribution in [0.3, 0.4) is 0 Å². The third-order valence-corrected chi connectivity index (χ3v) is 1.74. The van der Waals surface area contributed by atoms with Gasteiger partial charge in [-0.25, -0.2) is 4.79 Å². The highest BCUT2D eigenvalue weighted by atomic mass is 16.3. The van der Waals surface area contributed by atoms with Gasteiger partial charge in [0.25, 0.3) is 0 Å². The number of rotatable bonds is 5. The Hall–Kier alpha value is -1.34. The van der Waals surface area contributed by atoms with E-state index in [9.17, 15) is 14.7 Å². The Bertz CT molecular complexity index is 242. The maximum Gasteiger partial charge on any atom is 0.312 e. The molecule has 0 aliphatic carbocycles. The van der Waals surface area contributed by atoms with Crippen molar-refractivity contribution in [2.24, 2.45) is 5.73 Å². The van der Waals surface area contributed by atoms with E-state index < -0.39 is 30.2 Å². The average Bonchev–Trinajstić information content (AvgIpc) is 2.13. The van der Waals surface area contributed by atoms with Crippen molar-refractivity contribution < 1.29 is 19.8 Å². The minimum absolute atomic E-state index is 0.104. The number of urea groups is 1. The number of aliphatic hydroxyl groups is 2. The van der Waals surface area contributed by atoms with Crippen LogP contribution in [0.2, 0.25) is 0 Å². The van der Waals surface area contributed by atoms with E-state index in [1.54, 1.807) is 0 Å². The molecule has 0 aromatic carbocycles. The highest BCUT2D eigenvalue weighted by Crippen LogP contribution is 1.98. The summed E-state index contributed by atoms with van der Waals surface area (Å²) in [6, 6.07) is -1.58. The SMILES string of the molecule is CC(NC(N)=O)C(=O)NCC(C)(O)CO. The smallest absolute Gasteiger partial charge is 0.312 e. The Morgan fingerprint density at radius 3 is 2.47 bits per heavy atom. The fraction of sp³-hybridized carbons (Fsp3) is 0.750. The quantitative estimate of drug-likeness (QED) is 0.363. The summed E-state index contributed by atoms with van der Waals surface area (Å²) < 4.78 is 0. The molecule has 2 atom stereocenters. The standard InChI is InChI=1S/C8H17N3O4/c1-5(11-7(9)14)6(13)10-3-8(2,15)4-12/h5,12,15H,3-4H2,1-2H3,(H,10,13)(H3,9,11,14). The van der Waals surface area contributed by atoms with E-state index in [0.29, 0.717) is 0 Å². The second-order valence-electron chi connectivity index (χ2n) is 3.60. The van der Waals surface area contributed by atoms with Crippen molar-refractivity contribution in [1.29, 1.82) is 0 Å². The van der Waals surface area contributed by atoms with Gasteiger partial charge in [0.05, 0.1) is 6.61 Å². The number of carbonyl (C=O) groups excluding carboxylic acids is 2. The number of nitrogens with one attached hydrogen (secondary N) is 2. The summed E-state index contributed by atoms with van der Waals surface area (Å²) in [6.07, 6.45) is 0. The lowest BCUT2D eigenvalue weighted by molar-refractivity contribution is -0.124. The summed E-state index contributed by atoms with van der Waals surface area (Å²) in [6.45, 7) is 2.26. The minimum atomic E-state index is -1.37. The molecule has 0 aliphatic heterocycles. The third-order valence-electron chi connectivity index (χ3n) is 1.74. The Morgan fingerprint density at radius 1 is 1.53 bits per heavy atom. The molecular formula is C8H17N3O4. The van der Waals surface area contributed by atoms with Gasteiger partial charge >= 0.3 is 6.03 Å². The molecule has 0 saturated carbocycles. The van der Waals surface area contributed by atoms with E-state index in [0.717, 1.165) is 0 Å². The van der Waals surface area contributed by atoms with E-state index in [1.807, 2.05) is 0 Å². The van der Waals surface area contributed by atoms with Crippen LogP contribution in [0.25, 0.3) is 0 Å². The molecule has 0 radical (unpaired) electrons. The van der Waals surface area contributed by atoms with Gasteiger partial charge in [0.15, 0.2) is 0 Å². The third kappa shape index (κ3) is 5.87. The van der Waals surface area contributed by atoms with E-state index in [4.69, 9.17) is 10.8 Å². The zero-order chi connectivity index (χ0) is 12.1. The van der Waals surface area contributed by atoms with Crippen LogP contribution in [0.1, 0.15) is 13.8 Å². The van der Waals surface area contributed by atoms with Crippen LogP contribution in [0.5, 0.6) is 0 Å². The lowest BCUT2D eigenvalue weighted by Crippen LogP contribution is -2.51. The molecule has 0 saturated heterocycles. The predicted molar refractivity (Wildman–Crippen MR) is 52.9 cm³/mol. The molecule has 6 N–H and O–H groups in total. The van der Waals surface area contributed by atoms with Crippen molar-refractivity contribution in [2.45, 2.75) is 25.5 Å². The van der Waals surface area contributed by atoms with Crippen LogP contribution in [-0.4, -0.2) is 46.9 Å². The Kier molecular flexibility index (Phi) is 5.03. The molecule has 88 valence electrons. The number of hydrogen-bond acceptors (Lipinski definition) is 4. The maximum absolute atomic E-state index is 11.3. The van der Waals surface area contributed by atoms with E-state index in [2.05, 4.69) is 10.6 Å². The first kappa shape index (κ1) is 13.7. The minimum Gasteiger partial charge on any atom is -0.393 e. The van der Waals surface area contributed by atoms with Gasteiger partial charge in [-0.3, -0.25) is 4.79 Å². The van der Waals surface area contributed by atoms with Gasteiger partial charge in [-0.05, 0) is 13.8 Å². The van der Waals surface area contributed by atoms with Crippen LogP contribution in [-0.2, 0) is 4.79 Å². The largest absolute Gasteiger partial charge is 0.393 e. The first-order valence-electron chi connectivity index (χ1n) is 4.45. The molecule has 7 heteroatoms. The number of nitrogens with two attached hydrogens (primary N) is 1. The van der Waals surface area contributed by atoms with Gasteiger partial charge in [-0.1, -0.05) is 0 Å². The lowest BCUT2D eigenvalue weighted by Gasteiger charge is -2.22. The van der Waals surface area contributed by atoms with Gasteiger partial charge in [0.2, 0.25) is 5.91 Å². The van der Waals surface area contributed by atoms with Crippen molar-refractivity contribution >= 4 is 11.9 Å². The summed E-state index contributed by atoms with van der Waals surface area (Å²) in [7, 11) is 0. The number of carbonyl (C=O) groups is 2. The fourth-order valence-electron chi connectivity index (χ4n) is 0.765. The number of hydrogen-bond donors (Lipinski definition) is 5. The van der Waals surface area contributed by atoms with Gasteiger partial charge in [-0.2, -0.15) is 0 Å². The highest BCUT2D eigenvalue weighted by molar-refractivity contribution is 5.86. The Labute approximate surface area is 87.6 Å². The van der Waals surface area contributed by atoms with Crippen LogP contribution < -0.4 is 16.4 Å². The summed E-state index contributed by atoms with van der Waals surface area (Å²) in [5, 5.41) is 22.6. The molecular weight excluding hydrogens is 202 g/mol. The molecule has 0 spiro atoms. The average molecular weight is 219 g/mol. The van der Waals surface area contributed by atoms with Gasteiger partial charge in [0, 0.05) is 6.54 Å². The van der Waals surface area contributed by atoms with Crippen molar-refractivity contribution in [1.82, 2.24) is 10.6 Å². The van der Waals surface area contributed by atoms with E-state index in [-0.39, 0.29) is 6.54 Å². The molecule has 7 nitrogen and oxygen atoms in total. The van der Waals surface area contributed by atoms with Crippen LogP contribution in [0.15, 0.2) is 0 Å². The van der Waals surface area contributed by atoms with Crippen molar-refractivity contribution in [3.8, 4) is 0 Å². The molecule has 0 rings (SSSR count). The van der Waals surface area contributed by atoms with Crippen molar-refractivity contribution in [2.75, 3.05) is 13.2 Å². The molecule has 0 aromatic heterocycles. The molecule has 3 amide bonds. The second kappa shape index (κ2) is 5.52. The normalized spacial score (nSPS) is 16.3. The van der Waals surface area contributed by atoms with E-state index in [1.165, 1.54) is 13.8 Å². The molecule has 0 aliphatic rings. The number of aliphatic hydroxyl groups excluding tert-OH is 1. The molecule has 0 bridgehead atoms. The summed E-state index contributed by atoms with van der Waals surface area (Å²) in [5.74, 6) is -0.484. The van der Waals surface area contributed by atoms with Crippen LogP contribution in [0, 0.1) is 0 Å². The molecule has 15 heavy (non-hydrogen) atoms. The molecule has 2 unspecified atom stereocenters. The van der Waals surface area contributed by atoms with Gasteiger partial charge < -0.3 is 26.6 Å². The summed E-state index contributed by atoms with van der Waals surface area (Å²) in [4.78, 5) is 21.7. The number of amides is 3. The summed E-state index contributed by atoms with van der Waals surface area (Å²) >= 11 is 0. The van der Waals surface area contributed by atoms with Crippen molar-refractivity contribution in [3.63, 3.8) is 0 Å². The van der Waals surface area contributed by atoms with Crippen LogP contribution >= 0.6 is 0 Å². The Balaban J connectivity index is 3.98. The van der Waals surface area contributed by atoms with Gasteiger partial charge in [0.1, 0.15) is 11.6 Å². The molecule has 0 heterocycles. The number of primary amides is 1. The summed E-state index contributed by atoms with van der Waals surface area (Å²) in [5.41, 5.74) is 3.45. The molecule has 0 aromatic rings. The fourth-order valence-corrected chi connectivity index (χ4v) is 0.765. The zero-order valence-corrected chi connectivity index (χ0v) is 8.78. The topological polar surface area (TPSA) is 125 Å². The zero-order valence-electron chi connectivity index (χ0n) is 8.78. The Morgan fingerprint density at radius 2 is 2.07 bits per heavy atom. The van der Waals surface area contributed by atoms with Crippen LogP contribution in [0.4, 0.5) is 4.79 Å². The highest BCUT2D eigenvalue weighted by Gasteiger charge is 2.21. The van der Waals surface area contributed by atoms with Crippen molar-refractivity contribution in [3.05, 3.63) is 0 Å². The molecule has 0 fully saturated rings. The second-order valence-corrected chi connectivity index (χ2v) is 3.60. The van der Waals surface area contributed by atoms with E-state index >= 15 is 0 Å². The predicted octanol–water partition coefficient (Wildman–Crippen LogP) is -2.10. The first-order chi connectivity index (χ1) is 6.78. The van der Waals surface area contributed by atoms with Gasteiger partial charge in [-0.15, -0.1) is 0 Å².